The molecule has 0 radical (unpaired) electrons. The smallest absolute Gasteiger partial charge is 0.394 e. The second-order valence-electron chi connectivity index (χ2n) is 20.6. The minimum atomic E-state index is -5.09. The van der Waals surface area contributed by atoms with Crippen LogP contribution in [-0.2, 0) is 28.9 Å². The topological polar surface area (TPSA) is 192 Å². The van der Waals surface area contributed by atoms with Gasteiger partial charge in [-0.3, -0.25) is 9.35 Å². The Labute approximate surface area is 435 Å². The van der Waals surface area contributed by atoms with Gasteiger partial charge in [0.25, 0.3) is 0 Å². The van der Waals surface area contributed by atoms with Crippen LogP contribution < -0.4 is 5.32 Å². The van der Waals surface area contributed by atoms with Gasteiger partial charge in [-0.05, 0) is 44.9 Å². The number of allylic oxidation sites excluding steroid dienone is 5. The number of unbranched alkanes of at least 4 members (excludes halogenated alkanes) is 36. The van der Waals surface area contributed by atoms with Crippen LogP contribution in [0.15, 0.2) is 36.5 Å². The number of ether oxygens (including phenoxy) is 2. The van der Waals surface area contributed by atoms with E-state index in [1.54, 1.807) is 6.08 Å². The third-order valence-corrected chi connectivity index (χ3v) is 14.4. The highest BCUT2D eigenvalue weighted by atomic mass is 32.3. The van der Waals surface area contributed by atoms with Crippen molar-refractivity contribution in [3.05, 3.63) is 36.5 Å². The molecule has 1 fully saturated rings. The van der Waals surface area contributed by atoms with Crippen molar-refractivity contribution >= 4 is 16.3 Å². The Bertz CT molecular complexity index is 1390. The van der Waals surface area contributed by atoms with E-state index >= 15 is 0 Å². The Morgan fingerprint density at radius 2 is 0.930 bits per heavy atom. The maximum absolute atomic E-state index is 13.1. The van der Waals surface area contributed by atoms with Gasteiger partial charge in [-0.25, -0.2) is 4.18 Å². The van der Waals surface area contributed by atoms with Crippen LogP contribution in [0.5, 0.6) is 0 Å². The third-order valence-electron chi connectivity index (χ3n) is 13.9. The van der Waals surface area contributed by atoms with Crippen molar-refractivity contribution in [2.24, 2.45) is 0 Å². The van der Waals surface area contributed by atoms with E-state index in [-0.39, 0.29) is 18.9 Å². The first-order valence-corrected chi connectivity index (χ1v) is 30.8. The van der Waals surface area contributed by atoms with Crippen LogP contribution in [0.1, 0.15) is 271 Å². The summed E-state index contributed by atoms with van der Waals surface area (Å²) in [6.45, 7) is 3.40. The van der Waals surface area contributed by atoms with E-state index < -0.39 is 59.9 Å². The predicted octanol–water partition coefficient (Wildman–Crippen LogP) is 13.8. The molecule has 1 aliphatic rings. The molecule has 71 heavy (non-hydrogen) atoms. The van der Waals surface area contributed by atoms with Crippen LogP contribution in [0.3, 0.4) is 0 Å². The first-order chi connectivity index (χ1) is 34.5. The van der Waals surface area contributed by atoms with E-state index in [0.717, 1.165) is 44.9 Å². The van der Waals surface area contributed by atoms with Gasteiger partial charge >= 0.3 is 10.4 Å². The lowest BCUT2D eigenvalue weighted by Gasteiger charge is -2.41. The fourth-order valence-electron chi connectivity index (χ4n) is 9.39. The van der Waals surface area contributed by atoms with Crippen LogP contribution in [0.25, 0.3) is 0 Å². The van der Waals surface area contributed by atoms with Crippen molar-refractivity contribution in [1.29, 1.82) is 0 Å². The fourth-order valence-corrected chi connectivity index (χ4v) is 9.90. The zero-order valence-electron chi connectivity index (χ0n) is 45.3. The quantitative estimate of drug-likeness (QED) is 0.0147. The Hall–Kier alpha value is -1.68. The molecule has 1 heterocycles. The Kier molecular flexibility index (Phi) is 45.5. The molecule has 7 atom stereocenters. The summed E-state index contributed by atoms with van der Waals surface area (Å²) >= 11 is 0. The molecule has 0 aromatic heterocycles. The molecule has 1 amide bonds. The van der Waals surface area contributed by atoms with Crippen molar-refractivity contribution in [2.75, 3.05) is 13.2 Å². The van der Waals surface area contributed by atoms with Crippen molar-refractivity contribution in [3.8, 4) is 0 Å². The second-order valence-corrected chi connectivity index (χ2v) is 21.7. The molecule has 0 aromatic rings. The summed E-state index contributed by atoms with van der Waals surface area (Å²) in [6.07, 6.45) is 51.8. The minimum Gasteiger partial charge on any atom is -0.394 e. The SMILES string of the molecule is CCCCC/C=C\C=C/CCCCCCCCCCCCC(=O)NC(COC1OC(CO)C(O)C(OS(=O)(=O)O)C1O)C(O)/C=C/CCCCCCCCCCCCCCCCCCCCCCCCC. The first kappa shape index (κ1) is 67.3. The second kappa shape index (κ2) is 48.0. The summed E-state index contributed by atoms with van der Waals surface area (Å²) in [4.78, 5) is 13.1. The number of aliphatic hydroxyl groups is 4. The molecule has 1 rings (SSSR count). The van der Waals surface area contributed by atoms with Gasteiger partial charge in [0.1, 0.15) is 24.4 Å². The summed E-state index contributed by atoms with van der Waals surface area (Å²) < 4.78 is 47.9. The Balaban J connectivity index is 2.37. The zero-order valence-corrected chi connectivity index (χ0v) is 46.1. The van der Waals surface area contributed by atoms with Gasteiger partial charge in [0, 0.05) is 6.42 Å². The highest BCUT2D eigenvalue weighted by molar-refractivity contribution is 7.80. The standard InChI is InChI=1S/C58H109NO11S/c1-3-5-7-9-11-13-15-17-19-21-23-24-25-26-27-28-30-31-33-35-37-39-41-43-45-47-52(61)51(50-68-58-56(64)57(70-71(65,66)67)55(63)53(49-60)69-58)59-54(62)48-46-44-42-40-38-36-34-32-29-22-20-18-16-14-12-10-8-6-4-2/h12,14,16,18,45,47,51-53,55-58,60-61,63-64H,3-11,13,15,17,19-44,46,48-50H2,1-2H3,(H,59,62)(H,65,66,67)/b14-12-,18-16-,47-45+. The lowest BCUT2D eigenvalue weighted by atomic mass is 9.99. The number of amides is 1. The van der Waals surface area contributed by atoms with Gasteiger partial charge in [-0.1, -0.05) is 256 Å². The Morgan fingerprint density at radius 1 is 0.563 bits per heavy atom. The number of hydrogen-bond donors (Lipinski definition) is 6. The number of rotatable bonds is 51. The highest BCUT2D eigenvalue weighted by Gasteiger charge is 2.48. The zero-order chi connectivity index (χ0) is 51.9. The molecule has 6 N–H and O–H groups in total. The Morgan fingerprint density at radius 3 is 1.34 bits per heavy atom. The van der Waals surface area contributed by atoms with E-state index in [9.17, 15) is 38.2 Å². The molecule has 0 aliphatic carbocycles. The van der Waals surface area contributed by atoms with Gasteiger partial charge in [0.15, 0.2) is 6.29 Å². The maximum Gasteiger partial charge on any atom is 0.397 e. The monoisotopic (exact) mass is 1030 g/mol. The molecule has 0 saturated carbocycles. The van der Waals surface area contributed by atoms with E-state index in [2.05, 4.69) is 47.7 Å². The van der Waals surface area contributed by atoms with Gasteiger partial charge < -0.3 is 35.2 Å². The predicted molar refractivity (Wildman–Crippen MR) is 292 cm³/mol. The largest absolute Gasteiger partial charge is 0.397 e. The molecule has 0 spiro atoms. The van der Waals surface area contributed by atoms with Crippen molar-refractivity contribution in [3.63, 3.8) is 0 Å². The summed E-state index contributed by atoms with van der Waals surface area (Å²) in [7, 11) is -5.09. The molecule has 7 unspecified atom stereocenters. The normalized spacial score (nSPS) is 19.7. The lowest BCUT2D eigenvalue weighted by molar-refractivity contribution is -0.298. The fraction of sp³-hybridized carbons (Fsp3) is 0.879. The molecular weight excluding hydrogens is 919 g/mol. The molecule has 12 nitrogen and oxygen atoms in total. The number of carbonyl (C=O) groups excluding carboxylic acids is 1. The molecule has 0 bridgehead atoms. The molecule has 13 heteroatoms. The van der Waals surface area contributed by atoms with Gasteiger partial charge in [0.05, 0.1) is 25.4 Å². The average Bonchev–Trinajstić information content (AvgIpc) is 3.34. The van der Waals surface area contributed by atoms with Crippen LogP contribution in [0.2, 0.25) is 0 Å². The molecule has 418 valence electrons. The summed E-state index contributed by atoms with van der Waals surface area (Å²) in [6, 6.07) is -0.947. The van der Waals surface area contributed by atoms with E-state index in [0.29, 0.717) is 6.42 Å². The van der Waals surface area contributed by atoms with Gasteiger partial charge in [0.2, 0.25) is 5.91 Å². The number of hydrogen-bond acceptors (Lipinski definition) is 10. The van der Waals surface area contributed by atoms with Gasteiger partial charge in [-0.15, -0.1) is 0 Å². The van der Waals surface area contributed by atoms with Crippen LogP contribution in [-0.4, -0.2) is 95.4 Å². The number of nitrogens with one attached hydrogen (secondary N) is 1. The van der Waals surface area contributed by atoms with Crippen molar-refractivity contribution in [1.82, 2.24) is 5.32 Å². The summed E-state index contributed by atoms with van der Waals surface area (Å²) in [5.41, 5.74) is 0. The summed E-state index contributed by atoms with van der Waals surface area (Å²) in [5, 5.41) is 45.0. The van der Waals surface area contributed by atoms with Gasteiger partial charge in [-0.2, -0.15) is 8.42 Å². The molecular formula is C58H109NO11S. The van der Waals surface area contributed by atoms with E-state index in [1.165, 1.54) is 199 Å². The minimum absolute atomic E-state index is 0.264. The van der Waals surface area contributed by atoms with Crippen LogP contribution in [0, 0.1) is 0 Å². The third kappa shape index (κ3) is 40.3. The molecule has 0 aromatic carbocycles. The molecule has 1 saturated heterocycles. The number of aliphatic hydroxyl groups excluding tert-OH is 4. The van der Waals surface area contributed by atoms with E-state index in [1.807, 2.05) is 6.08 Å². The first-order valence-electron chi connectivity index (χ1n) is 29.4. The van der Waals surface area contributed by atoms with Crippen molar-refractivity contribution in [2.45, 2.75) is 314 Å². The average molecular weight is 1030 g/mol. The highest BCUT2D eigenvalue weighted by Crippen LogP contribution is 2.26. The number of carbonyl (C=O) groups is 1. The lowest BCUT2D eigenvalue weighted by Crippen LogP contribution is -2.61. The maximum atomic E-state index is 13.1. The summed E-state index contributed by atoms with van der Waals surface area (Å²) in [5.74, 6) is -0.264. The van der Waals surface area contributed by atoms with Crippen LogP contribution >= 0.6 is 0 Å². The van der Waals surface area contributed by atoms with Crippen molar-refractivity contribution < 1.29 is 51.8 Å². The molecule has 1 aliphatic heterocycles. The van der Waals surface area contributed by atoms with Crippen LogP contribution in [0.4, 0.5) is 0 Å². The van der Waals surface area contributed by atoms with E-state index in [4.69, 9.17) is 9.47 Å².